The molecule has 100 valence electrons. The first-order valence-corrected chi connectivity index (χ1v) is 6.80. The monoisotopic (exact) mass is 359 g/mol. The zero-order chi connectivity index (χ0) is 14.0. The van der Waals surface area contributed by atoms with E-state index in [1.807, 2.05) is 62.4 Å². The van der Waals surface area contributed by atoms with Gasteiger partial charge in [-0.3, -0.25) is 4.99 Å². The Bertz CT molecular complexity index is 388. The highest BCUT2D eigenvalue weighted by Crippen LogP contribution is 2.16. The number of rotatable bonds is 6. The quantitative estimate of drug-likeness (QED) is 0.338. The molecule has 1 N–H and O–H groups in total. The lowest BCUT2D eigenvalue weighted by atomic mass is 10.1. The Morgan fingerprint density at radius 1 is 1.28 bits per heavy atom. The fourth-order valence-corrected chi connectivity index (χ4v) is 1.66. The molecular formula is C14H22IN3. The molecule has 4 heteroatoms. The summed E-state index contributed by atoms with van der Waals surface area (Å²) in [6.07, 6.45) is 11.9. The molecule has 0 spiro atoms. The summed E-state index contributed by atoms with van der Waals surface area (Å²) in [6, 6.07) is 0. The average molecular weight is 359 g/mol. The summed E-state index contributed by atoms with van der Waals surface area (Å²) in [5, 5.41) is 3.21. The minimum absolute atomic E-state index is 0.983. The minimum Gasteiger partial charge on any atom is -0.386 e. The maximum Gasteiger partial charge on any atom is 0.0598 e. The SMILES string of the molecule is C\C=N/C(C)=C(\C=C/C=C/C)C(=C/N(C)I)/NC. The number of hydrogen-bond donors (Lipinski definition) is 1. The van der Waals surface area contributed by atoms with E-state index in [2.05, 4.69) is 39.2 Å². The standard InChI is InChI=1S/C14H22IN3/c1-6-8-9-10-13(12(3)17-7-2)14(16-4)11-18(5)15/h6-11,16H,1-5H3/b8-6+,10-9-,13-12+,14-11-,17-7-. The van der Waals surface area contributed by atoms with Crippen molar-refractivity contribution in [2.75, 3.05) is 14.1 Å². The van der Waals surface area contributed by atoms with Crippen LogP contribution in [-0.4, -0.2) is 23.4 Å². The van der Waals surface area contributed by atoms with Crippen LogP contribution in [0.4, 0.5) is 0 Å². The zero-order valence-electron chi connectivity index (χ0n) is 11.7. The highest BCUT2D eigenvalue weighted by atomic mass is 127. The van der Waals surface area contributed by atoms with Crippen molar-refractivity contribution >= 4 is 29.1 Å². The molecule has 0 aliphatic carbocycles. The first-order chi connectivity index (χ1) is 8.56. The van der Waals surface area contributed by atoms with Crippen molar-refractivity contribution in [3.8, 4) is 0 Å². The van der Waals surface area contributed by atoms with Crippen molar-refractivity contribution in [2.24, 2.45) is 4.99 Å². The third kappa shape index (κ3) is 6.64. The number of nitrogens with zero attached hydrogens (tertiary/aromatic N) is 2. The largest absolute Gasteiger partial charge is 0.386 e. The molecular weight excluding hydrogens is 337 g/mol. The van der Waals surface area contributed by atoms with E-state index in [1.165, 1.54) is 0 Å². The summed E-state index contributed by atoms with van der Waals surface area (Å²) in [6.45, 7) is 5.93. The van der Waals surface area contributed by atoms with E-state index in [1.54, 1.807) is 6.21 Å². The molecule has 0 aromatic carbocycles. The van der Waals surface area contributed by atoms with Crippen LogP contribution in [0.15, 0.2) is 52.5 Å². The fraction of sp³-hybridized carbons (Fsp3) is 0.357. The summed E-state index contributed by atoms with van der Waals surface area (Å²) in [5.41, 5.74) is 3.10. The van der Waals surface area contributed by atoms with E-state index in [-0.39, 0.29) is 0 Å². The van der Waals surface area contributed by atoms with Crippen molar-refractivity contribution in [1.82, 2.24) is 8.43 Å². The van der Waals surface area contributed by atoms with Crippen molar-refractivity contribution in [1.29, 1.82) is 0 Å². The topological polar surface area (TPSA) is 27.6 Å². The van der Waals surface area contributed by atoms with Crippen LogP contribution in [0, 0.1) is 0 Å². The molecule has 0 amide bonds. The van der Waals surface area contributed by atoms with Gasteiger partial charge < -0.3 is 8.43 Å². The maximum absolute atomic E-state index is 4.36. The predicted octanol–water partition coefficient (Wildman–Crippen LogP) is 3.83. The van der Waals surface area contributed by atoms with Gasteiger partial charge in [-0.25, -0.2) is 0 Å². The molecule has 3 nitrogen and oxygen atoms in total. The number of allylic oxidation sites excluding steroid dienone is 5. The molecule has 0 saturated heterocycles. The first kappa shape index (κ1) is 17.0. The lowest BCUT2D eigenvalue weighted by molar-refractivity contribution is 0.803. The second-order valence-corrected chi connectivity index (χ2v) is 5.11. The maximum atomic E-state index is 4.36. The van der Waals surface area contributed by atoms with Crippen LogP contribution in [0.25, 0.3) is 0 Å². The summed E-state index contributed by atoms with van der Waals surface area (Å²) in [4.78, 5) is 4.36. The van der Waals surface area contributed by atoms with Gasteiger partial charge in [0.15, 0.2) is 0 Å². The van der Waals surface area contributed by atoms with Crippen LogP contribution in [-0.2, 0) is 0 Å². The highest BCUT2D eigenvalue weighted by molar-refractivity contribution is 14.1. The lowest BCUT2D eigenvalue weighted by Gasteiger charge is -2.13. The molecule has 0 rings (SSSR count). The zero-order valence-corrected chi connectivity index (χ0v) is 13.9. The van der Waals surface area contributed by atoms with Gasteiger partial charge >= 0.3 is 0 Å². The number of likely N-dealkylation sites (N-methyl/N-ethyl adjacent to an activating group) is 1. The Hall–Kier alpha value is -1.04. The molecule has 0 atom stereocenters. The summed E-state index contributed by atoms with van der Waals surface area (Å²) < 4.78 is 1.98. The lowest BCUT2D eigenvalue weighted by Crippen LogP contribution is -2.11. The molecule has 0 unspecified atom stereocenters. The van der Waals surface area contributed by atoms with Crippen LogP contribution < -0.4 is 5.32 Å². The number of nitrogens with one attached hydrogen (secondary N) is 1. The Morgan fingerprint density at radius 2 is 1.94 bits per heavy atom. The molecule has 18 heavy (non-hydrogen) atoms. The molecule has 0 fully saturated rings. The van der Waals surface area contributed by atoms with E-state index in [0.717, 1.165) is 17.0 Å². The van der Waals surface area contributed by atoms with E-state index in [4.69, 9.17) is 0 Å². The van der Waals surface area contributed by atoms with Crippen molar-refractivity contribution < 1.29 is 0 Å². The van der Waals surface area contributed by atoms with Crippen LogP contribution in [0.5, 0.6) is 0 Å². The Morgan fingerprint density at radius 3 is 2.39 bits per heavy atom. The number of hydrogen-bond acceptors (Lipinski definition) is 3. The number of halogens is 1. The Labute approximate surface area is 125 Å². The predicted molar refractivity (Wildman–Crippen MR) is 89.7 cm³/mol. The Balaban J connectivity index is 5.52. The average Bonchev–Trinajstić information content (AvgIpc) is 2.32. The molecule has 0 saturated carbocycles. The van der Waals surface area contributed by atoms with Gasteiger partial charge in [0.05, 0.1) is 28.6 Å². The van der Waals surface area contributed by atoms with Gasteiger partial charge in [0.2, 0.25) is 0 Å². The van der Waals surface area contributed by atoms with Crippen LogP contribution >= 0.6 is 22.9 Å². The van der Waals surface area contributed by atoms with Gasteiger partial charge in [-0.1, -0.05) is 24.3 Å². The van der Waals surface area contributed by atoms with E-state index in [0.29, 0.717) is 0 Å². The van der Waals surface area contributed by atoms with Crippen LogP contribution in [0.2, 0.25) is 0 Å². The van der Waals surface area contributed by atoms with Crippen molar-refractivity contribution in [2.45, 2.75) is 20.8 Å². The molecule has 0 aliphatic rings. The van der Waals surface area contributed by atoms with E-state index >= 15 is 0 Å². The minimum atomic E-state index is 0.983. The molecule has 0 aromatic rings. The van der Waals surface area contributed by atoms with Gasteiger partial charge in [0.25, 0.3) is 0 Å². The van der Waals surface area contributed by atoms with E-state index in [9.17, 15) is 0 Å². The normalized spacial score (nSPS) is 14.7. The molecule has 0 heterocycles. The molecule has 0 radical (unpaired) electrons. The van der Waals surface area contributed by atoms with Crippen molar-refractivity contribution in [3.63, 3.8) is 0 Å². The molecule has 0 aromatic heterocycles. The smallest absolute Gasteiger partial charge is 0.0598 e. The van der Waals surface area contributed by atoms with Gasteiger partial charge in [-0.05, 0) is 20.8 Å². The first-order valence-electron chi connectivity index (χ1n) is 5.84. The third-order valence-corrected chi connectivity index (χ3v) is 2.42. The Kier molecular flexibility index (Phi) is 9.36. The highest BCUT2D eigenvalue weighted by Gasteiger charge is 2.04. The van der Waals surface area contributed by atoms with Crippen molar-refractivity contribution in [3.05, 3.63) is 47.5 Å². The second kappa shape index (κ2) is 9.94. The molecule has 0 aliphatic heterocycles. The third-order valence-electron chi connectivity index (χ3n) is 2.15. The number of aliphatic imine (C=N–C) groups is 1. The van der Waals surface area contributed by atoms with Gasteiger partial charge in [-0.15, -0.1) is 0 Å². The van der Waals surface area contributed by atoms with Gasteiger partial charge in [0, 0.05) is 37.8 Å². The fourth-order valence-electron chi connectivity index (χ4n) is 1.38. The molecule has 0 bridgehead atoms. The summed E-state index contributed by atoms with van der Waals surface area (Å²) >= 11 is 2.22. The second-order valence-electron chi connectivity index (χ2n) is 3.59. The van der Waals surface area contributed by atoms with Crippen LogP contribution in [0.3, 0.4) is 0 Å². The van der Waals surface area contributed by atoms with E-state index < -0.39 is 0 Å². The summed E-state index contributed by atoms with van der Waals surface area (Å²) in [7, 11) is 3.90. The summed E-state index contributed by atoms with van der Waals surface area (Å²) in [5.74, 6) is 0. The van der Waals surface area contributed by atoms with Crippen LogP contribution in [0.1, 0.15) is 20.8 Å². The van der Waals surface area contributed by atoms with Gasteiger partial charge in [-0.2, -0.15) is 0 Å². The van der Waals surface area contributed by atoms with Gasteiger partial charge in [0.1, 0.15) is 0 Å².